The molecule has 3 heterocycles. The molecule has 2 aliphatic heterocycles. The zero-order valence-electron chi connectivity index (χ0n) is 14.1. The summed E-state index contributed by atoms with van der Waals surface area (Å²) in [5.41, 5.74) is 3.04. The molecule has 0 aliphatic carbocycles. The first-order valence-corrected chi connectivity index (χ1v) is 9.33. The Bertz CT molecular complexity index is 809. The van der Waals surface area contributed by atoms with E-state index in [2.05, 4.69) is 21.7 Å². The van der Waals surface area contributed by atoms with Crippen LogP contribution in [0.3, 0.4) is 0 Å². The fraction of sp³-hybridized carbons (Fsp3) is 0.333. The second-order valence-electron chi connectivity index (χ2n) is 5.91. The molecule has 7 heteroatoms. The summed E-state index contributed by atoms with van der Waals surface area (Å²) in [6.07, 6.45) is -0.228. The van der Waals surface area contributed by atoms with Crippen LogP contribution >= 0.6 is 11.3 Å². The van der Waals surface area contributed by atoms with Gasteiger partial charge in [-0.3, -0.25) is 0 Å². The van der Waals surface area contributed by atoms with Crippen LogP contribution < -0.4 is 5.32 Å². The fourth-order valence-electron chi connectivity index (χ4n) is 3.10. The molecule has 1 N–H and O–H groups in total. The van der Waals surface area contributed by atoms with Crippen LogP contribution in [0.5, 0.6) is 0 Å². The summed E-state index contributed by atoms with van der Waals surface area (Å²) in [6.45, 7) is 5.03. The van der Waals surface area contributed by atoms with E-state index in [1.807, 2.05) is 31.2 Å². The summed E-state index contributed by atoms with van der Waals surface area (Å²) >= 11 is 1.69. The number of carbonyl (C=O) groups excluding carboxylic acids is 1. The summed E-state index contributed by atoms with van der Waals surface area (Å²) in [5, 5.41) is 5.56. The third kappa shape index (κ3) is 3.07. The molecular weight excluding hydrogens is 336 g/mol. The average Bonchev–Trinajstić information content (AvgIpc) is 3.03. The molecule has 0 atom stereocenters. The average molecular weight is 356 g/mol. The van der Waals surface area contributed by atoms with Crippen LogP contribution in [0.4, 0.5) is 21.9 Å². The third-order valence-electron chi connectivity index (χ3n) is 4.37. The van der Waals surface area contributed by atoms with Gasteiger partial charge in [0, 0.05) is 26.2 Å². The van der Waals surface area contributed by atoms with E-state index in [9.17, 15) is 4.79 Å². The molecule has 2 aromatic rings. The van der Waals surface area contributed by atoms with Crippen molar-refractivity contribution >= 4 is 40.3 Å². The largest absolute Gasteiger partial charge is 0.450 e. The molecule has 1 fully saturated rings. The van der Waals surface area contributed by atoms with Gasteiger partial charge in [0.2, 0.25) is 0 Å². The van der Waals surface area contributed by atoms with E-state index in [0.29, 0.717) is 19.7 Å². The number of nitrogens with zero attached hydrogens (tertiary/aromatic N) is 3. The number of amides is 1. The van der Waals surface area contributed by atoms with Gasteiger partial charge in [0.25, 0.3) is 0 Å². The lowest BCUT2D eigenvalue weighted by atomic mass is 10.2. The molecule has 0 spiro atoms. The summed E-state index contributed by atoms with van der Waals surface area (Å²) in [6, 6.07) is 10.2. The summed E-state index contributed by atoms with van der Waals surface area (Å²) < 4.78 is 5.10. The highest BCUT2D eigenvalue weighted by Gasteiger charge is 2.27. The highest BCUT2D eigenvalue weighted by molar-refractivity contribution is 7.12. The first-order valence-electron chi connectivity index (χ1n) is 8.45. The summed E-state index contributed by atoms with van der Waals surface area (Å²) in [5.74, 6) is 0.978. The van der Waals surface area contributed by atoms with Crippen molar-refractivity contribution in [1.29, 1.82) is 0 Å². The van der Waals surface area contributed by atoms with E-state index < -0.39 is 0 Å². The maximum Gasteiger partial charge on any atom is 0.409 e. The van der Waals surface area contributed by atoms with E-state index >= 15 is 0 Å². The molecule has 0 unspecified atom stereocenters. The summed E-state index contributed by atoms with van der Waals surface area (Å²) in [7, 11) is 0. The van der Waals surface area contributed by atoms with Gasteiger partial charge in [0.1, 0.15) is 5.84 Å². The minimum Gasteiger partial charge on any atom is -0.450 e. The van der Waals surface area contributed by atoms with Crippen molar-refractivity contribution < 1.29 is 9.53 Å². The Morgan fingerprint density at radius 2 is 2.00 bits per heavy atom. The standard InChI is InChI=1S/C18H20N4O2S/c1-2-24-18(23)22-10-8-21(9-11-22)17-16-15(7-12-25-16)19-13-5-3-4-6-14(13)20-17/h3-7,12,19H,2,8-11H2,1H3. The van der Waals surface area contributed by atoms with Crippen LogP contribution in [0.2, 0.25) is 0 Å². The number of thiophene rings is 1. The lowest BCUT2D eigenvalue weighted by Crippen LogP contribution is -2.50. The number of ether oxygens (including phenoxy) is 1. The molecular formula is C18H20N4O2S. The van der Waals surface area contributed by atoms with Crippen LogP contribution in [0.25, 0.3) is 0 Å². The van der Waals surface area contributed by atoms with Crippen molar-refractivity contribution in [3.8, 4) is 0 Å². The summed E-state index contributed by atoms with van der Waals surface area (Å²) in [4.78, 5) is 22.0. The van der Waals surface area contributed by atoms with Gasteiger partial charge in [-0.05, 0) is 30.5 Å². The van der Waals surface area contributed by atoms with Gasteiger partial charge in [-0.1, -0.05) is 12.1 Å². The van der Waals surface area contributed by atoms with Crippen LogP contribution in [0, 0.1) is 0 Å². The van der Waals surface area contributed by atoms with Gasteiger partial charge >= 0.3 is 6.09 Å². The maximum atomic E-state index is 11.9. The second kappa shape index (κ2) is 6.76. The van der Waals surface area contributed by atoms with Crippen molar-refractivity contribution in [1.82, 2.24) is 9.80 Å². The van der Waals surface area contributed by atoms with E-state index in [1.165, 1.54) is 0 Å². The smallest absolute Gasteiger partial charge is 0.409 e. The SMILES string of the molecule is CCOC(=O)N1CCN(C2=Nc3ccccc3Nc3ccsc32)CC1. The van der Waals surface area contributed by atoms with Gasteiger partial charge in [0.15, 0.2) is 0 Å². The predicted molar refractivity (Wildman–Crippen MR) is 100 cm³/mol. The molecule has 0 radical (unpaired) electrons. The van der Waals surface area contributed by atoms with Gasteiger partial charge in [0.05, 0.1) is 28.5 Å². The molecule has 1 aromatic heterocycles. The lowest BCUT2D eigenvalue weighted by Gasteiger charge is -2.35. The molecule has 130 valence electrons. The molecule has 0 bridgehead atoms. The number of hydrogen-bond acceptors (Lipinski definition) is 6. The third-order valence-corrected chi connectivity index (χ3v) is 5.28. The quantitative estimate of drug-likeness (QED) is 0.847. The molecule has 1 aromatic carbocycles. The molecule has 1 saturated heterocycles. The number of piperazine rings is 1. The number of para-hydroxylation sites is 2. The van der Waals surface area contributed by atoms with Crippen molar-refractivity contribution in [3.63, 3.8) is 0 Å². The minimum absolute atomic E-state index is 0.228. The van der Waals surface area contributed by atoms with Crippen LogP contribution in [0.1, 0.15) is 11.8 Å². The zero-order chi connectivity index (χ0) is 17.2. The van der Waals surface area contributed by atoms with Crippen molar-refractivity contribution in [3.05, 3.63) is 40.6 Å². The Hall–Kier alpha value is -2.54. The first-order chi connectivity index (χ1) is 12.3. The monoisotopic (exact) mass is 356 g/mol. The van der Waals surface area contributed by atoms with Gasteiger partial charge in [-0.15, -0.1) is 11.3 Å². The number of benzene rings is 1. The highest BCUT2D eigenvalue weighted by Crippen LogP contribution is 2.37. The number of aliphatic imine (C=N–C) groups is 1. The predicted octanol–water partition coefficient (Wildman–Crippen LogP) is 3.66. The maximum absolute atomic E-state index is 11.9. The Morgan fingerprint density at radius 1 is 1.20 bits per heavy atom. The number of rotatable bonds is 1. The van der Waals surface area contributed by atoms with E-state index in [0.717, 1.165) is 40.9 Å². The molecule has 25 heavy (non-hydrogen) atoms. The van der Waals surface area contributed by atoms with Crippen LogP contribution in [0.15, 0.2) is 40.7 Å². The van der Waals surface area contributed by atoms with Crippen LogP contribution in [-0.4, -0.2) is 54.5 Å². The Kier molecular flexibility index (Phi) is 4.31. The first kappa shape index (κ1) is 16.0. The fourth-order valence-corrected chi connectivity index (χ4v) is 3.96. The molecule has 1 amide bonds. The number of anilines is 2. The second-order valence-corrected chi connectivity index (χ2v) is 6.83. The van der Waals surface area contributed by atoms with E-state index in [1.54, 1.807) is 16.2 Å². The number of carbonyl (C=O) groups is 1. The number of fused-ring (bicyclic) bond motifs is 2. The zero-order valence-corrected chi connectivity index (χ0v) is 14.9. The molecule has 2 aliphatic rings. The van der Waals surface area contributed by atoms with Gasteiger partial charge < -0.3 is 19.9 Å². The van der Waals surface area contributed by atoms with Crippen molar-refractivity contribution in [2.24, 2.45) is 4.99 Å². The van der Waals surface area contributed by atoms with Crippen LogP contribution in [-0.2, 0) is 4.74 Å². The van der Waals surface area contributed by atoms with E-state index in [-0.39, 0.29) is 6.09 Å². The number of nitrogens with one attached hydrogen (secondary N) is 1. The lowest BCUT2D eigenvalue weighted by molar-refractivity contribution is 0.0921. The van der Waals surface area contributed by atoms with Gasteiger partial charge in [-0.25, -0.2) is 9.79 Å². The van der Waals surface area contributed by atoms with Crippen molar-refractivity contribution in [2.75, 3.05) is 38.1 Å². The highest BCUT2D eigenvalue weighted by atomic mass is 32.1. The van der Waals surface area contributed by atoms with Crippen molar-refractivity contribution in [2.45, 2.75) is 6.92 Å². The molecule has 0 saturated carbocycles. The van der Waals surface area contributed by atoms with E-state index in [4.69, 9.17) is 9.73 Å². The molecule has 6 nitrogen and oxygen atoms in total. The topological polar surface area (TPSA) is 57.2 Å². The Balaban J connectivity index is 1.60. The van der Waals surface area contributed by atoms with Gasteiger partial charge in [-0.2, -0.15) is 0 Å². The number of amidine groups is 1. The Morgan fingerprint density at radius 3 is 2.80 bits per heavy atom. The minimum atomic E-state index is -0.228. The number of hydrogen-bond donors (Lipinski definition) is 1. The Labute approximate surface area is 150 Å². The normalized spacial score (nSPS) is 16.3. The molecule has 4 rings (SSSR count).